The second kappa shape index (κ2) is 4.98. The molecule has 0 bridgehead atoms. The first-order valence-electron chi connectivity index (χ1n) is 5.72. The minimum absolute atomic E-state index is 0.301. The van der Waals surface area contributed by atoms with Crippen molar-refractivity contribution in [1.82, 2.24) is 4.57 Å². The van der Waals surface area contributed by atoms with E-state index in [1.54, 1.807) is 17.7 Å². The van der Waals surface area contributed by atoms with Crippen molar-refractivity contribution in [3.05, 3.63) is 46.1 Å². The molecule has 2 rings (SSSR count). The van der Waals surface area contributed by atoms with E-state index in [0.29, 0.717) is 5.69 Å². The number of carbonyl (C=O) groups is 1. The predicted octanol–water partition coefficient (Wildman–Crippen LogP) is 3.72. The topological polar surface area (TPSA) is 42.2 Å². The lowest BCUT2D eigenvalue weighted by Crippen LogP contribution is -2.05. The minimum atomic E-state index is -0.904. The van der Waals surface area contributed by atoms with Crippen LogP contribution in [0.4, 0.5) is 0 Å². The van der Waals surface area contributed by atoms with Gasteiger partial charge in [-0.25, -0.2) is 4.79 Å². The lowest BCUT2D eigenvalue weighted by Gasteiger charge is -2.10. The Hall–Kier alpha value is -1.55. The summed E-state index contributed by atoms with van der Waals surface area (Å²) < 4.78 is 2.75. The molecule has 0 radical (unpaired) electrons. The molecule has 4 heteroatoms. The van der Waals surface area contributed by atoms with Crippen molar-refractivity contribution in [2.45, 2.75) is 13.3 Å². The highest BCUT2D eigenvalue weighted by molar-refractivity contribution is 9.10. The molecule has 0 saturated heterocycles. The number of hydrogen-bond acceptors (Lipinski definition) is 1. The molecule has 0 spiro atoms. The average molecular weight is 308 g/mol. The van der Waals surface area contributed by atoms with Crippen LogP contribution in [0.25, 0.3) is 11.3 Å². The second-order valence-electron chi connectivity index (χ2n) is 4.12. The summed E-state index contributed by atoms with van der Waals surface area (Å²) in [6.45, 7) is 2.09. The fourth-order valence-electron chi connectivity index (χ4n) is 2.10. The predicted molar refractivity (Wildman–Crippen MR) is 74.9 cm³/mol. The van der Waals surface area contributed by atoms with Crippen LogP contribution in [0.1, 0.15) is 23.0 Å². The van der Waals surface area contributed by atoms with Crippen LogP contribution < -0.4 is 0 Å². The van der Waals surface area contributed by atoms with Gasteiger partial charge in [0.15, 0.2) is 0 Å². The number of aryl methyl sites for hydroxylation is 1. The molecule has 0 fully saturated rings. The van der Waals surface area contributed by atoms with Crippen LogP contribution in [0.15, 0.2) is 34.8 Å². The van der Waals surface area contributed by atoms with Gasteiger partial charge in [0.25, 0.3) is 0 Å². The number of halogens is 1. The van der Waals surface area contributed by atoms with E-state index in [-0.39, 0.29) is 0 Å². The Morgan fingerprint density at radius 3 is 2.61 bits per heavy atom. The smallest absolute Gasteiger partial charge is 0.352 e. The zero-order valence-electron chi connectivity index (χ0n) is 10.3. The van der Waals surface area contributed by atoms with Gasteiger partial charge < -0.3 is 9.67 Å². The van der Waals surface area contributed by atoms with Crippen LogP contribution in [0.5, 0.6) is 0 Å². The Kier molecular flexibility index (Phi) is 3.57. The van der Waals surface area contributed by atoms with Gasteiger partial charge in [-0.05, 0) is 36.2 Å². The summed E-state index contributed by atoms with van der Waals surface area (Å²) in [5, 5.41) is 9.07. The van der Waals surface area contributed by atoms with Gasteiger partial charge in [-0.15, -0.1) is 0 Å². The maximum absolute atomic E-state index is 11.0. The fourth-order valence-corrected chi connectivity index (χ4v) is 2.51. The van der Waals surface area contributed by atoms with Crippen molar-refractivity contribution < 1.29 is 9.90 Å². The van der Waals surface area contributed by atoms with Crippen molar-refractivity contribution in [3.8, 4) is 11.3 Å². The molecule has 1 N–H and O–H groups in total. The molecule has 1 heterocycles. The van der Waals surface area contributed by atoms with E-state index in [9.17, 15) is 4.79 Å². The molecule has 0 aliphatic carbocycles. The molecule has 1 aromatic carbocycles. The van der Waals surface area contributed by atoms with Crippen molar-refractivity contribution >= 4 is 21.9 Å². The average Bonchev–Trinajstić information content (AvgIpc) is 2.71. The Morgan fingerprint density at radius 2 is 2.06 bits per heavy atom. The highest BCUT2D eigenvalue weighted by atomic mass is 79.9. The number of aromatic nitrogens is 1. The summed E-state index contributed by atoms with van der Waals surface area (Å²) in [6.07, 6.45) is 0.905. The third-order valence-electron chi connectivity index (χ3n) is 3.07. The molecule has 1 aromatic heterocycles. The molecule has 0 aliphatic heterocycles. The third-order valence-corrected chi connectivity index (χ3v) is 3.56. The molecular weight excluding hydrogens is 294 g/mol. The Bertz CT molecular complexity index is 602. The lowest BCUT2D eigenvalue weighted by atomic mass is 10.0. The number of hydrogen-bond donors (Lipinski definition) is 1. The van der Waals surface area contributed by atoms with Crippen LogP contribution in [0.2, 0.25) is 0 Å². The summed E-state index contributed by atoms with van der Waals surface area (Å²) in [5.74, 6) is -0.904. The monoisotopic (exact) mass is 307 g/mol. The van der Waals surface area contributed by atoms with Crippen molar-refractivity contribution in [2.75, 3.05) is 0 Å². The van der Waals surface area contributed by atoms with Gasteiger partial charge in [0.1, 0.15) is 5.69 Å². The second-order valence-corrected chi connectivity index (χ2v) is 5.04. The van der Waals surface area contributed by atoms with Gasteiger partial charge in [-0.3, -0.25) is 0 Å². The quantitative estimate of drug-likeness (QED) is 0.939. The van der Waals surface area contributed by atoms with E-state index < -0.39 is 5.97 Å². The van der Waals surface area contributed by atoms with E-state index >= 15 is 0 Å². The zero-order chi connectivity index (χ0) is 13.3. The standard InChI is InChI=1S/C14H14BrNO2/c1-3-9-8-10(15)4-5-11(9)12-6-7-13(14(17)18)16(12)2/h4-8H,3H2,1-2H3,(H,17,18). The highest BCUT2D eigenvalue weighted by Gasteiger charge is 2.14. The number of carboxylic acid groups (broad SMARTS) is 1. The molecule has 3 nitrogen and oxygen atoms in total. The van der Waals surface area contributed by atoms with E-state index in [1.165, 1.54) is 5.56 Å². The first kappa shape index (κ1) is 12.9. The summed E-state index contributed by atoms with van der Waals surface area (Å²) in [5.41, 5.74) is 3.50. The first-order valence-corrected chi connectivity index (χ1v) is 6.51. The molecule has 0 unspecified atom stereocenters. The van der Waals surface area contributed by atoms with Crippen LogP contribution >= 0.6 is 15.9 Å². The summed E-state index contributed by atoms with van der Waals surface area (Å²) >= 11 is 3.46. The first-order chi connectivity index (χ1) is 8.54. The summed E-state index contributed by atoms with van der Waals surface area (Å²) in [6, 6.07) is 9.56. The number of benzene rings is 1. The molecule has 0 aliphatic rings. The number of nitrogens with zero attached hydrogens (tertiary/aromatic N) is 1. The van der Waals surface area contributed by atoms with Gasteiger partial charge in [-0.2, -0.15) is 0 Å². The number of rotatable bonds is 3. The van der Waals surface area contributed by atoms with E-state index in [4.69, 9.17) is 5.11 Å². The van der Waals surface area contributed by atoms with Crippen LogP contribution in [-0.2, 0) is 13.5 Å². The van der Waals surface area contributed by atoms with Crippen LogP contribution in [0, 0.1) is 0 Å². The maximum atomic E-state index is 11.0. The Balaban J connectivity index is 2.59. The summed E-state index contributed by atoms with van der Waals surface area (Å²) in [4.78, 5) is 11.0. The third kappa shape index (κ3) is 2.20. The SMILES string of the molecule is CCc1cc(Br)ccc1-c1ccc(C(=O)O)n1C. The van der Waals surface area contributed by atoms with Crippen molar-refractivity contribution in [1.29, 1.82) is 0 Å². The zero-order valence-corrected chi connectivity index (χ0v) is 11.9. The van der Waals surface area contributed by atoms with Gasteiger partial charge >= 0.3 is 5.97 Å². The van der Waals surface area contributed by atoms with Crippen molar-refractivity contribution in [3.63, 3.8) is 0 Å². The summed E-state index contributed by atoms with van der Waals surface area (Å²) in [7, 11) is 1.78. The molecule has 2 aromatic rings. The molecule has 0 amide bonds. The molecule has 0 atom stereocenters. The van der Waals surface area contributed by atoms with Gasteiger partial charge in [0.05, 0.1) is 0 Å². The largest absolute Gasteiger partial charge is 0.477 e. The Labute approximate surface area is 114 Å². The van der Waals surface area contributed by atoms with E-state index in [2.05, 4.69) is 28.9 Å². The molecule has 0 saturated carbocycles. The highest BCUT2D eigenvalue weighted by Crippen LogP contribution is 2.28. The maximum Gasteiger partial charge on any atom is 0.352 e. The number of carboxylic acids is 1. The normalized spacial score (nSPS) is 10.6. The molecular formula is C14H14BrNO2. The van der Waals surface area contributed by atoms with Gasteiger partial charge in [-0.1, -0.05) is 28.9 Å². The Morgan fingerprint density at radius 1 is 1.33 bits per heavy atom. The molecule has 18 heavy (non-hydrogen) atoms. The van der Waals surface area contributed by atoms with Crippen LogP contribution in [0.3, 0.4) is 0 Å². The number of aromatic carboxylic acids is 1. The lowest BCUT2D eigenvalue weighted by molar-refractivity contribution is 0.0687. The fraction of sp³-hybridized carbons (Fsp3) is 0.214. The molecule has 94 valence electrons. The van der Waals surface area contributed by atoms with E-state index in [0.717, 1.165) is 22.2 Å². The van der Waals surface area contributed by atoms with Crippen LogP contribution in [-0.4, -0.2) is 15.6 Å². The van der Waals surface area contributed by atoms with Crippen molar-refractivity contribution in [2.24, 2.45) is 7.05 Å². The van der Waals surface area contributed by atoms with Gasteiger partial charge in [0.2, 0.25) is 0 Å². The minimum Gasteiger partial charge on any atom is -0.477 e. The van der Waals surface area contributed by atoms with Gasteiger partial charge in [0, 0.05) is 22.8 Å². The van der Waals surface area contributed by atoms with E-state index in [1.807, 2.05) is 18.2 Å².